The molecule has 2 aromatic rings. The number of nitrogens with one attached hydrogen (secondary N) is 1. The van der Waals surface area contributed by atoms with Crippen molar-refractivity contribution in [1.82, 2.24) is 0 Å². The topological polar surface area (TPSA) is 32.3 Å². The first-order valence-electron chi connectivity index (χ1n) is 6.06. The van der Waals surface area contributed by atoms with Gasteiger partial charge in [0.05, 0.1) is 15.7 Å². The highest BCUT2D eigenvalue weighted by Gasteiger charge is 2.08. The highest BCUT2D eigenvalue weighted by atomic mass is 35.5. The lowest BCUT2D eigenvalue weighted by atomic mass is 10.1. The van der Waals surface area contributed by atoms with Gasteiger partial charge in [0.1, 0.15) is 5.75 Å². The van der Waals surface area contributed by atoms with Crippen LogP contribution in [0.5, 0.6) is 5.75 Å². The van der Waals surface area contributed by atoms with Crippen molar-refractivity contribution in [2.24, 2.45) is 0 Å². The number of phenolic OH excluding ortho intramolecular Hbond substituents is 1. The van der Waals surface area contributed by atoms with Crippen LogP contribution in [0.3, 0.4) is 0 Å². The van der Waals surface area contributed by atoms with Gasteiger partial charge >= 0.3 is 0 Å². The Hall–Kier alpha value is -1.09. The van der Waals surface area contributed by atoms with Gasteiger partial charge in [-0.05, 0) is 42.7 Å². The molecule has 106 valence electrons. The van der Waals surface area contributed by atoms with Crippen LogP contribution >= 0.6 is 34.8 Å². The first-order valence-corrected chi connectivity index (χ1v) is 7.19. The first kappa shape index (κ1) is 15.3. The minimum atomic E-state index is 0.330. The SMILES string of the molecule is Cc1cc(CNc2c(Cl)cc(Cl)cc2Cl)cc(C)c1O. The van der Waals surface area contributed by atoms with E-state index in [0.717, 1.165) is 16.7 Å². The van der Waals surface area contributed by atoms with E-state index in [1.165, 1.54) is 0 Å². The maximum atomic E-state index is 9.76. The molecular weight excluding hydrogens is 317 g/mol. The molecule has 2 rings (SSSR count). The van der Waals surface area contributed by atoms with Crippen molar-refractivity contribution in [3.63, 3.8) is 0 Å². The molecule has 0 amide bonds. The molecule has 20 heavy (non-hydrogen) atoms. The molecule has 2 N–H and O–H groups in total. The average Bonchev–Trinajstić information content (AvgIpc) is 2.34. The Morgan fingerprint density at radius 2 is 1.45 bits per heavy atom. The molecule has 0 saturated carbocycles. The average molecular weight is 331 g/mol. The molecule has 0 spiro atoms. The van der Waals surface area contributed by atoms with Gasteiger partial charge in [0.25, 0.3) is 0 Å². The summed E-state index contributed by atoms with van der Waals surface area (Å²) < 4.78 is 0. The Labute approximate surface area is 133 Å². The third kappa shape index (κ3) is 3.32. The van der Waals surface area contributed by atoms with Crippen LogP contribution in [-0.4, -0.2) is 5.11 Å². The summed E-state index contributed by atoms with van der Waals surface area (Å²) in [6.07, 6.45) is 0. The minimum Gasteiger partial charge on any atom is -0.507 e. The van der Waals surface area contributed by atoms with Gasteiger partial charge in [-0.3, -0.25) is 0 Å². The third-order valence-corrected chi connectivity index (χ3v) is 3.84. The second kappa shape index (κ2) is 6.13. The summed E-state index contributed by atoms with van der Waals surface area (Å²) in [5.41, 5.74) is 3.38. The predicted octanol–water partition coefficient (Wildman–Crippen LogP) is 5.58. The molecule has 0 bridgehead atoms. The number of rotatable bonds is 3. The van der Waals surface area contributed by atoms with Gasteiger partial charge in [0.2, 0.25) is 0 Å². The van der Waals surface area contributed by atoms with E-state index in [0.29, 0.717) is 33.0 Å². The van der Waals surface area contributed by atoms with Gasteiger partial charge in [-0.1, -0.05) is 46.9 Å². The van der Waals surface area contributed by atoms with Gasteiger partial charge in [-0.25, -0.2) is 0 Å². The summed E-state index contributed by atoms with van der Waals surface area (Å²) in [5.74, 6) is 0.330. The number of hydrogen-bond acceptors (Lipinski definition) is 2. The summed E-state index contributed by atoms with van der Waals surface area (Å²) in [4.78, 5) is 0. The van der Waals surface area contributed by atoms with E-state index in [9.17, 15) is 5.11 Å². The maximum Gasteiger partial charge on any atom is 0.121 e. The molecule has 0 atom stereocenters. The highest BCUT2D eigenvalue weighted by molar-refractivity contribution is 6.41. The van der Waals surface area contributed by atoms with Crippen molar-refractivity contribution in [3.8, 4) is 5.75 Å². The standard InChI is InChI=1S/C15H14Cl3NO/c1-8-3-10(4-9(2)15(8)20)7-19-14-12(17)5-11(16)6-13(14)18/h3-6,19-20H,7H2,1-2H3. The van der Waals surface area contributed by atoms with Crippen molar-refractivity contribution in [3.05, 3.63) is 56.0 Å². The molecule has 0 saturated heterocycles. The van der Waals surface area contributed by atoms with Gasteiger partial charge in [0.15, 0.2) is 0 Å². The molecule has 0 aliphatic carbocycles. The van der Waals surface area contributed by atoms with Gasteiger partial charge in [-0.15, -0.1) is 0 Å². The van der Waals surface area contributed by atoms with Crippen LogP contribution in [0.25, 0.3) is 0 Å². The quantitative estimate of drug-likeness (QED) is 0.769. The van der Waals surface area contributed by atoms with Crippen LogP contribution in [0, 0.1) is 13.8 Å². The maximum absolute atomic E-state index is 9.76. The fourth-order valence-electron chi connectivity index (χ4n) is 2.05. The van der Waals surface area contributed by atoms with Crippen LogP contribution in [0.2, 0.25) is 15.1 Å². The van der Waals surface area contributed by atoms with Crippen LogP contribution in [0.4, 0.5) is 5.69 Å². The number of hydrogen-bond donors (Lipinski definition) is 2. The Kier molecular flexibility index (Phi) is 4.69. The molecule has 0 aliphatic rings. The fraction of sp³-hybridized carbons (Fsp3) is 0.200. The second-order valence-corrected chi connectivity index (χ2v) is 5.93. The molecule has 0 heterocycles. The number of phenols is 1. The molecule has 0 aliphatic heterocycles. The number of halogens is 3. The smallest absolute Gasteiger partial charge is 0.121 e. The first-order chi connectivity index (χ1) is 9.38. The number of aryl methyl sites for hydroxylation is 2. The summed E-state index contributed by atoms with van der Waals surface area (Å²) in [7, 11) is 0. The van der Waals surface area contributed by atoms with Crippen LogP contribution in [-0.2, 0) is 6.54 Å². The van der Waals surface area contributed by atoms with Crippen LogP contribution < -0.4 is 5.32 Å². The van der Waals surface area contributed by atoms with Crippen LogP contribution in [0.1, 0.15) is 16.7 Å². The molecule has 0 aromatic heterocycles. The molecule has 0 fully saturated rings. The minimum absolute atomic E-state index is 0.330. The van der Waals surface area contributed by atoms with E-state index < -0.39 is 0 Å². The Bertz CT molecular complexity index is 610. The van der Waals surface area contributed by atoms with Crippen molar-refractivity contribution < 1.29 is 5.11 Å². The molecular formula is C15H14Cl3NO. The van der Waals surface area contributed by atoms with Crippen LogP contribution in [0.15, 0.2) is 24.3 Å². The predicted molar refractivity (Wildman–Crippen MR) is 86.4 cm³/mol. The molecule has 5 heteroatoms. The van der Waals surface area contributed by atoms with E-state index in [2.05, 4.69) is 5.32 Å². The van der Waals surface area contributed by atoms with Crippen molar-refractivity contribution in [2.75, 3.05) is 5.32 Å². The lowest BCUT2D eigenvalue weighted by Gasteiger charge is -2.13. The van der Waals surface area contributed by atoms with E-state index in [4.69, 9.17) is 34.8 Å². The summed E-state index contributed by atoms with van der Waals surface area (Å²) in [6, 6.07) is 7.13. The Morgan fingerprint density at radius 3 is 1.95 bits per heavy atom. The van der Waals surface area contributed by atoms with E-state index >= 15 is 0 Å². The Morgan fingerprint density at radius 1 is 0.950 bits per heavy atom. The van der Waals surface area contributed by atoms with E-state index in [1.807, 2.05) is 26.0 Å². The lowest BCUT2D eigenvalue weighted by molar-refractivity contribution is 0.466. The normalized spacial score (nSPS) is 10.7. The van der Waals surface area contributed by atoms with Crippen molar-refractivity contribution in [2.45, 2.75) is 20.4 Å². The second-order valence-electron chi connectivity index (χ2n) is 4.68. The van der Waals surface area contributed by atoms with Gasteiger partial charge in [-0.2, -0.15) is 0 Å². The molecule has 0 unspecified atom stereocenters. The molecule has 2 aromatic carbocycles. The highest BCUT2D eigenvalue weighted by Crippen LogP contribution is 2.34. The summed E-state index contributed by atoms with van der Waals surface area (Å²) in [6.45, 7) is 4.30. The summed E-state index contributed by atoms with van der Waals surface area (Å²) >= 11 is 18.1. The monoisotopic (exact) mass is 329 g/mol. The fourth-order valence-corrected chi connectivity index (χ4v) is 3.00. The zero-order valence-corrected chi connectivity index (χ0v) is 13.4. The number of anilines is 1. The zero-order valence-electron chi connectivity index (χ0n) is 11.1. The molecule has 0 radical (unpaired) electrons. The van der Waals surface area contributed by atoms with Gasteiger partial charge < -0.3 is 10.4 Å². The van der Waals surface area contributed by atoms with Crippen molar-refractivity contribution >= 4 is 40.5 Å². The van der Waals surface area contributed by atoms with E-state index in [1.54, 1.807) is 12.1 Å². The molecule has 2 nitrogen and oxygen atoms in total. The van der Waals surface area contributed by atoms with Gasteiger partial charge in [0, 0.05) is 11.6 Å². The largest absolute Gasteiger partial charge is 0.507 e. The lowest BCUT2D eigenvalue weighted by Crippen LogP contribution is -2.01. The van der Waals surface area contributed by atoms with E-state index in [-0.39, 0.29) is 0 Å². The Balaban J connectivity index is 2.21. The third-order valence-electron chi connectivity index (χ3n) is 3.03. The number of aromatic hydroxyl groups is 1. The summed E-state index contributed by atoms with van der Waals surface area (Å²) in [5, 5.41) is 14.4. The number of benzene rings is 2. The van der Waals surface area contributed by atoms with Crippen molar-refractivity contribution in [1.29, 1.82) is 0 Å². The zero-order chi connectivity index (χ0) is 14.9.